The molecule has 0 saturated carbocycles. The van der Waals surface area contributed by atoms with Crippen molar-refractivity contribution in [2.24, 2.45) is 0 Å². The van der Waals surface area contributed by atoms with Crippen LogP contribution in [0.25, 0.3) is 22.3 Å². The predicted molar refractivity (Wildman–Crippen MR) is 128 cm³/mol. The van der Waals surface area contributed by atoms with Crippen molar-refractivity contribution in [1.82, 2.24) is 39.0 Å². The Morgan fingerprint density at radius 2 is 1.45 bits per heavy atom. The van der Waals surface area contributed by atoms with Crippen LogP contribution in [0, 0.1) is 0 Å². The van der Waals surface area contributed by atoms with E-state index in [-0.39, 0.29) is 53.1 Å². The van der Waals surface area contributed by atoms with Gasteiger partial charge in [0.15, 0.2) is 28.6 Å². The number of fused-ring (bicyclic) bond motifs is 2. The smallest absolute Gasteiger partial charge is 0.280 e. The minimum atomic E-state index is -1.29. The molecule has 2 fully saturated rings. The fourth-order valence-electron chi connectivity index (χ4n) is 4.42. The second kappa shape index (κ2) is 10.1. The Labute approximate surface area is 211 Å². The number of aliphatic hydroxyl groups is 4. The average Bonchev–Trinajstić information content (AvgIpc) is 3.66. The maximum atomic E-state index is 11.7. The van der Waals surface area contributed by atoms with Crippen molar-refractivity contribution in [2.75, 3.05) is 24.7 Å². The summed E-state index contributed by atoms with van der Waals surface area (Å²) in [6, 6.07) is 0. The Bertz CT molecular complexity index is 1560. The molecule has 18 heteroatoms. The van der Waals surface area contributed by atoms with Crippen molar-refractivity contribution in [2.45, 2.75) is 49.7 Å². The van der Waals surface area contributed by atoms with E-state index in [0.29, 0.717) is 5.65 Å². The van der Waals surface area contributed by atoms with Gasteiger partial charge >= 0.3 is 0 Å². The zero-order valence-corrected chi connectivity index (χ0v) is 19.7. The van der Waals surface area contributed by atoms with Crippen molar-refractivity contribution in [3.05, 3.63) is 33.4 Å². The van der Waals surface area contributed by atoms with Gasteiger partial charge < -0.3 is 41.4 Å². The summed E-state index contributed by atoms with van der Waals surface area (Å²) in [5.74, 6) is -0.0538. The molecule has 0 bridgehead atoms. The first-order chi connectivity index (χ1) is 18.2. The third-order valence-electron chi connectivity index (χ3n) is 6.29. The summed E-state index contributed by atoms with van der Waals surface area (Å²) < 4.78 is 13.9. The van der Waals surface area contributed by atoms with Gasteiger partial charge in [0.1, 0.15) is 24.5 Å². The Morgan fingerprint density at radius 3 is 1.97 bits per heavy atom. The molecular formula is C20H26N10O8. The molecular weight excluding hydrogens is 508 g/mol. The van der Waals surface area contributed by atoms with E-state index in [1.54, 1.807) is 4.57 Å². The molecule has 204 valence electrons. The average molecular weight is 534 g/mol. The van der Waals surface area contributed by atoms with E-state index in [0.717, 1.165) is 12.8 Å². The molecule has 10 N–H and O–H groups in total. The highest BCUT2D eigenvalue weighted by atomic mass is 16.6. The summed E-state index contributed by atoms with van der Waals surface area (Å²) in [4.78, 5) is 43.9. The third kappa shape index (κ3) is 4.48. The summed E-state index contributed by atoms with van der Waals surface area (Å²) in [5, 5.41) is 37.8. The van der Waals surface area contributed by atoms with Crippen LogP contribution in [0.4, 0.5) is 11.9 Å². The zero-order valence-electron chi connectivity index (χ0n) is 19.7. The van der Waals surface area contributed by atoms with Crippen LogP contribution in [0.3, 0.4) is 0 Å². The van der Waals surface area contributed by atoms with Crippen LogP contribution >= 0.6 is 0 Å². The Kier molecular flexibility index (Phi) is 6.82. The lowest BCUT2D eigenvalue weighted by atomic mass is 10.1. The van der Waals surface area contributed by atoms with Gasteiger partial charge in [-0.05, 0) is 12.8 Å². The van der Waals surface area contributed by atoms with E-state index in [1.807, 2.05) is 0 Å². The predicted octanol–water partition coefficient (Wildman–Crippen LogP) is -3.31. The molecule has 0 aromatic carbocycles. The van der Waals surface area contributed by atoms with Gasteiger partial charge in [-0.15, -0.1) is 0 Å². The number of ether oxygens (including phenoxy) is 2. The van der Waals surface area contributed by atoms with Crippen LogP contribution in [0.5, 0.6) is 0 Å². The maximum absolute atomic E-state index is 11.7. The molecule has 2 aliphatic heterocycles. The highest BCUT2D eigenvalue weighted by molar-refractivity contribution is 5.71. The standard InChI is InChI=1S/C10H13N5O5.C10H13N5O3/c11-10-13-7-4(8(19)14-10)12-2-15(7)9-6(18)5(17)3(1-16)20-9;11-10-13-8-7(9(17)14-10)12-4-15(8)6-2-1-5(3-16)18-6/h2-3,5-6,9,16-18H,1H2,(H3,11,13,14,19);4-6,16H,1-3H2,(H3,11,13,14,17)/t3-,5-,6-,9-;5-,6+/m10/s1. The number of imidazole rings is 2. The first-order valence-corrected chi connectivity index (χ1v) is 11.5. The van der Waals surface area contributed by atoms with Gasteiger partial charge in [0.2, 0.25) is 11.9 Å². The third-order valence-corrected chi connectivity index (χ3v) is 6.29. The van der Waals surface area contributed by atoms with Crippen molar-refractivity contribution in [3.63, 3.8) is 0 Å². The number of hydrogen-bond acceptors (Lipinski definition) is 14. The number of nitrogens with two attached hydrogens (primary N) is 2. The summed E-state index contributed by atoms with van der Waals surface area (Å²) in [7, 11) is 0. The fraction of sp³-hybridized carbons (Fsp3) is 0.500. The minimum absolute atomic E-state index is 0.0146. The summed E-state index contributed by atoms with van der Waals surface area (Å²) in [6.07, 6.45) is -0.637. The monoisotopic (exact) mass is 534 g/mol. The minimum Gasteiger partial charge on any atom is -0.394 e. The number of aromatic nitrogens is 8. The second-order valence-electron chi connectivity index (χ2n) is 8.75. The highest BCUT2D eigenvalue weighted by Gasteiger charge is 2.44. The quantitative estimate of drug-likeness (QED) is 0.127. The number of nitrogens with zero attached hydrogens (tertiary/aromatic N) is 6. The molecule has 0 unspecified atom stereocenters. The summed E-state index contributed by atoms with van der Waals surface area (Å²) in [5.41, 5.74) is 10.9. The van der Waals surface area contributed by atoms with Gasteiger partial charge in [-0.25, -0.2) is 9.97 Å². The number of nitrogens with one attached hydrogen (secondary N) is 2. The molecule has 4 aromatic rings. The topological polar surface area (TPSA) is 279 Å². The molecule has 18 nitrogen and oxygen atoms in total. The van der Waals surface area contributed by atoms with Gasteiger partial charge in [0.05, 0.1) is 32.0 Å². The van der Waals surface area contributed by atoms with Crippen molar-refractivity contribution in [1.29, 1.82) is 0 Å². The van der Waals surface area contributed by atoms with Crippen LogP contribution in [0.2, 0.25) is 0 Å². The van der Waals surface area contributed by atoms with Gasteiger partial charge in [-0.3, -0.25) is 28.7 Å². The molecule has 2 saturated heterocycles. The Hall–Kier alpha value is -3.94. The van der Waals surface area contributed by atoms with Crippen molar-refractivity contribution >= 4 is 34.2 Å². The molecule has 38 heavy (non-hydrogen) atoms. The molecule has 0 radical (unpaired) electrons. The number of nitrogen functional groups attached to an aromatic ring is 2. The highest BCUT2D eigenvalue weighted by Crippen LogP contribution is 2.31. The number of hydrogen-bond donors (Lipinski definition) is 8. The number of anilines is 2. The molecule has 0 amide bonds. The first kappa shape index (κ1) is 25.7. The van der Waals surface area contributed by atoms with Crippen LogP contribution in [-0.2, 0) is 9.47 Å². The fourth-order valence-corrected chi connectivity index (χ4v) is 4.42. The van der Waals surface area contributed by atoms with E-state index in [9.17, 15) is 19.8 Å². The number of aliphatic hydroxyl groups excluding tert-OH is 4. The molecule has 0 spiro atoms. The van der Waals surface area contributed by atoms with Gasteiger partial charge in [-0.2, -0.15) is 9.97 Å². The summed E-state index contributed by atoms with van der Waals surface area (Å²) in [6.45, 7) is -0.462. The lowest BCUT2D eigenvalue weighted by Crippen LogP contribution is -2.33. The number of H-pyrrole nitrogens is 2. The largest absolute Gasteiger partial charge is 0.394 e. The SMILES string of the molecule is Nc1nc2c(ncn2[C@@H]2O[C@H](CO)[C@@H](O)[C@H]2O)c(=O)[nH]1.Nc1nc2c(ncn2[C@H]2CC[C@@H](CO)O2)c(=O)[nH]1. The molecule has 2 aliphatic rings. The van der Waals surface area contributed by atoms with E-state index in [4.69, 9.17) is 31.2 Å². The van der Waals surface area contributed by atoms with Crippen LogP contribution in [0.15, 0.2) is 22.2 Å². The number of aromatic amines is 2. The number of rotatable bonds is 4. The zero-order chi connectivity index (χ0) is 27.1. The lowest BCUT2D eigenvalue weighted by Gasteiger charge is -2.16. The van der Waals surface area contributed by atoms with Gasteiger partial charge in [0.25, 0.3) is 11.1 Å². The maximum Gasteiger partial charge on any atom is 0.280 e. The van der Waals surface area contributed by atoms with E-state index >= 15 is 0 Å². The van der Waals surface area contributed by atoms with Crippen LogP contribution < -0.4 is 22.6 Å². The van der Waals surface area contributed by atoms with Crippen LogP contribution in [-0.4, -0.2) is 97.1 Å². The van der Waals surface area contributed by atoms with Gasteiger partial charge in [-0.1, -0.05) is 0 Å². The van der Waals surface area contributed by atoms with Crippen molar-refractivity contribution < 1.29 is 29.9 Å². The molecule has 6 rings (SSSR count). The lowest BCUT2D eigenvalue weighted by molar-refractivity contribution is -0.0511. The van der Waals surface area contributed by atoms with Crippen molar-refractivity contribution in [3.8, 4) is 0 Å². The first-order valence-electron chi connectivity index (χ1n) is 11.5. The Morgan fingerprint density at radius 1 is 0.868 bits per heavy atom. The molecule has 0 aliphatic carbocycles. The second-order valence-corrected chi connectivity index (χ2v) is 8.75. The van der Waals surface area contributed by atoms with E-state index < -0.39 is 36.7 Å². The van der Waals surface area contributed by atoms with E-state index in [1.165, 1.54) is 17.2 Å². The van der Waals surface area contributed by atoms with E-state index in [2.05, 4.69) is 29.9 Å². The van der Waals surface area contributed by atoms with Gasteiger partial charge in [0, 0.05) is 0 Å². The molecule has 4 aromatic heterocycles. The van der Waals surface area contributed by atoms with Crippen LogP contribution in [0.1, 0.15) is 25.3 Å². The molecule has 6 atom stereocenters. The normalized spacial score (nSPS) is 27.2. The molecule has 6 heterocycles. The Balaban J connectivity index is 0.000000156. The summed E-state index contributed by atoms with van der Waals surface area (Å²) >= 11 is 0.